The molecule has 3 rings (SSSR count). The van der Waals surface area contributed by atoms with Crippen molar-refractivity contribution in [1.82, 2.24) is 10.2 Å². The van der Waals surface area contributed by atoms with Gasteiger partial charge in [-0.2, -0.15) is 0 Å². The van der Waals surface area contributed by atoms with Crippen LogP contribution in [0.3, 0.4) is 0 Å². The van der Waals surface area contributed by atoms with Crippen molar-refractivity contribution >= 4 is 35.2 Å². The third kappa shape index (κ3) is 6.97. The number of halogens is 2. The molecule has 1 N–H and O–H groups in total. The Hall–Kier alpha value is -2.05. The first-order valence-electron chi connectivity index (χ1n) is 11.1. The second-order valence-corrected chi connectivity index (χ2v) is 9.57. The van der Waals surface area contributed by atoms with Crippen LogP contribution in [0.1, 0.15) is 43.7 Å². The third-order valence-corrected chi connectivity index (χ3v) is 7.18. The fraction of sp³-hybridized carbons (Fsp3) is 0.440. The second kappa shape index (κ2) is 12.3. The molecule has 2 aromatic rings. The first-order valence-corrected chi connectivity index (χ1v) is 12.6. The van der Waals surface area contributed by atoms with Gasteiger partial charge in [0.05, 0.1) is 5.75 Å². The smallest absolute Gasteiger partial charge is 0.242 e. The van der Waals surface area contributed by atoms with Gasteiger partial charge in [0.2, 0.25) is 11.8 Å². The molecule has 2 amide bonds. The Labute approximate surface area is 198 Å². The summed E-state index contributed by atoms with van der Waals surface area (Å²) in [5.74, 6) is -0.164. The zero-order chi connectivity index (χ0) is 22.9. The van der Waals surface area contributed by atoms with Crippen molar-refractivity contribution in [3.05, 3.63) is 70.5 Å². The highest BCUT2D eigenvalue weighted by Gasteiger charge is 2.28. The first kappa shape index (κ1) is 24.6. The summed E-state index contributed by atoms with van der Waals surface area (Å²) < 4.78 is 14.0. The van der Waals surface area contributed by atoms with Crippen molar-refractivity contribution in [3.63, 3.8) is 0 Å². The van der Waals surface area contributed by atoms with Gasteiger partial charge in [0.15, 0.2) is 0 Å². The Bertz CT molecular complexity index is 886. The topological polar surface area (TPSA) is 49.4 Å². The van der Waals surface area contributed by atoms with E-state index in [0.717, 1.165) is 31.2 Å². The van der Waals surface area contributed by atoms with E-state index in [1.165, 1.54) is 17.8 Å². The summed E-state index contributed by atoms with van der Waals surface area (Å²) >= 11 is 7.40. The third-order valence-electron chi connectivity index (χ3n) is 5.89. The molecule has 1 saturated carbocycles. The highest BCUT2D eigenvalue weighted by molar-refractivity contribution is 7.99. The zero-order valence-corrected chi connectivity index (χ0v) is 19.9. The van der Waals surface area contributed by atoms with Gasteiger partial charge in [-0.25, -0.2) is 4.39 Å². The number of carbonyl (C=O) groups excluding carboxylic acids is 2. The van der Waals surface area contributed by atoms with E-state index in [2.05, 4.69) is 5.32 Å². The van der Waals surface area contributed by atoms with E-state index in [1.807, 2.05) is 30.3 Å². The Kier molecular flexibility index (Phi) is 9.42. The summed E-state index contributed by atoms with van der Waals surface area (Å²) in [6.07, 6.45) is 4.92. The number of hydrogen-bond donors (Lipinski definition) is 1. The largest absolute Gasteiger partial charge is 0.352 e. The molecule has 4 nitrogen and oxygen atoms in total. The van der Waals surface area contributed by atoms with E-state index in [-0.39, 0.29) is 29.4 Å². The predicted octanol–water partition coefficient (Wildman–Crippen LogP) is 5.23. The average Bonchev–Trinajstić information content (AvgIpc) is 3.29. The van der Waals surface area contributed by atoms with Crippen LogP contribution in [-0.2, 0) is 21.8 Å². The molecule has 0 aromatic heterocycles. The van der Waals surface area contributed by atoms with E-state index >= 15 is 0 Å². The lowest BCUT2D eigenvalue weighted by Crippen LogP contribution is -2.51. The lowest BCUT2D eigenvalue weighted by Gasteiger charge is -2.29. The van der Waals surface area contributed by atoms with Crippen molar-refractivity contribution in [2.75, 3.05) is 12.3 Å². The molecule has 1 unspecified atom stereocenters. The molecule has 7 heteroatoms. The Morgan fingerprint density at radius 3 is 2.56 bits per heavy atom. The van der Waals surface area contributed by atoms with Gasteiger partial charge < -0.3 is 10.2 Å². The first-order chi connectivity index (χ1) is 15.5. The SMILES string of the molecule is CC(C(=O)NC1CCCC1)N(CCc1ccccc1)C(=O)CSCc1c(F)cccc1Cl. The molecule has 0 radical (unpaired) electrons. The predicted molar refractivity (Wildman–Crippen MR) is 129 cm³/mol. The molecule has 1 aliphatic rings. The van der Waals surface area contributed by atoms with Crippen LogP contribution in [0, 0.1) is 5.82 Å². The normalized spacial score (nSPS) is 14.8. The minimum absolute atomic E-state index is 0.111. The van der Waals surface area contributed by atoms with Gasteiger partial charge in [0, 0.05) is 28.9 Å². The number of hydrogen-bond acceptors (Lipinski definition) is 3. The highest BCUT2D eigenvalue weighted by Crippen LogP contribution is 2.24. The number of rotatable bonds is 10. The fourth-order valence-electron chi connectivity index (χ4n) is 3.96. The van der Waals surface area contributed by atoms with Crippen LogP contribution in [0.5, 0.6) is 0 Å². The molecular weight excluding hydrogens is 447 g/mol. The Morgan fingerprint density at radius 2 is 1.88 bits per heavy atom. The van der Waals surface area contributed by atoms with E-state index in [1.54, 1.807) is 24.0 Å². The quantitative estimate of drug-likeness (QED) is 0.510. The van der Waals surface area contributed by atoms with Gasteiger partial charge in [0.1, 0.15) is 11.9 Å². The maximum absolute atomic E-state index is 14.0. The van der Waals surface area contributed by atoms with Crippen molar-refractivity contribution < 1.29 is 14.0 Å². The lowest BCUT2D eigenvalue weighted by molar-refractivity contribution is -0.138. The molecular formula is C25H30ClFN2O2S. The van der Waals surface area contributed by atoms with Gasteiger partial charge in [0.25, 0.3) is 0 Å². The van der Waals surface area contributed by atoms with Gasteiger partial charge in [-0.05, 0) is 43.9 Å². The Balaban J connectivity index is 1.62. The number of nitrogens with zero attached hydrogens (tertiary/aromatic N) is 1. The molecule has 0 saturated heterocycles. The zero-order valence-electron chi connectivity index (χ0n) is 18.4. The number of benzene rings is 2. The van der Waals surface area contributed by atoms with Crippen molar-refractivity contribution in [2.24, 2.45) is 0 Å². The average molecular weight is 477 g/mol. The van der Waals surface area contributed by atoms with Crippen molar-refractivity contribution in [2.45, 2.75) is 56.9 Å². The molecule has 1 atom stereocenters. The van der Waals surface area contributed by atoms with Gasteiger partial charge in [-0.1, -0.05) is 60.8 Å². The molecule has 2 aromatic carbocycles. The van der Waals surface area contributed by atoms with E-state index in [0.29, 0.717) is 29.3 Å². The fourth-order valence-corrected chi connectivity index (χ4v) is 5.20. The van der Waals surface area contributed by atoms with Crippen LogP contribution in [0.2, 0.25) is 5.02 Å². The number of nitrogens with one attached hydrogen (secondary N) is 1. The van der Waals surface area contributed by atoms with Crippen molar-refractivity contribution in [3.8, 4) is 0 Å². The summed E-state index contributed by atoms with van der Waals surface area (Å²) in [7, 11) is 0. The van der Waals surface area contributed by atoms with Crippen LogP contribution < -0.4 is 5.32 Å². The minimum atomic E-state index is -0.565. The summed E-state index contributed by atoms with van der Waals surface area (Å²) in [5, 5.41) is 3.46. The maximum atomic E-state index is 14.0. The van der Waals surface area contributed by atoms with Gasteiger partial charge >= 0.3 is 0 Å². The van der Waals surface area contributed by atoms with Crippen LogP contribution in [-0.4, -0.2) is 41.1 Å². The molecule has 1 aliphatic carbocycles. The molecule has 1 fully saturated rings. The molecule has 0 aliphatic heterocycles. The summed E-state index contributed by atoms with van der Waals surface area (Å²) in [6.45, 7) is 2.23. The number of amides is 2. The summed E-state index contributed by atoms with van der Waals surface area (Å²) in [5.41, 5.74) is 1.51. The second-order valence-electron chi connectivity index (χ2n) is 8.18. The summed E-state index contributed by atoms with van der Waals surface area (Å²) in [4.78, 5) is 27.6. The standard InChI is InChI=1S/C25H30ClFN2O2S/c1-18(25(31)28-20-10-5-6-11-20)29(15-14-19-8-3-2-4-9-19)24(30)17-32-16-21-22(26)12-7-13-23(21)27/h2-4,7-9,12-13,18,20H,5-6,10-11,14-17H2,1H3,(H,28,31). The minimum Gasteiger partial charge on any atom is -0.352 e. The van der Waals surface area contributed by atoms with Gasteiger partial charge in [-0.3, -0.25) is 9.59 Å². The Morgan fingerprint density at radius 1 is 1.16 bits per heavy atom. The van der Waals surface area contributed by atoms with E-state index in [9.17, 15) is 14.0 Å². The molecule has 32 heavy (non-hydrogen) atoms. The molecule has 0 bridgehead atoms. The lowest BCUT2D eigenvalue weighted by atomic mass is 10.1. The van der Waals surface area contributed by atoms with E-state index in [4.69, 9.17) is 11.6 Å². The van der Waals surface area contributed by atoms with Crippen LogP contribution in [0.15, 0.2) is 48.5 Å². The molecule has 0 spiro atoms. The van der Waals surface area contributed by atoms with Gasteiger partial charge in [-0.15, -0.1) is 11.8 Å². The number of thioether (sulfide) groups is 1. The van der Waals surface area contributed by atoms with Crippen molar-refractivity contribution in [1.29, 1.82) is 0 Å². The van der Waals surface area contributed by atoms with Crippen LogP contribution >= 0.6 is 23.4 Å². The summed E-state index contributed by atoms with van der Waals surface area (Å²) in [6, 6.07) is 14.1. The monoisotopic (exact) mass is 476 g/mol. The molecule has 172 valence electrons. The van der Waals surface area contributed by atoms with Crippen LogP contribution in [0.4, 0.5) is 4.39 Å². The van der Waals surface area contributed by atoms with E-state index < -0.39 is 6.04 Å². The van der Waals surface area contributed by atoms with Crippen LogP contribution in [0.25, 0.3) is 0 Å². The molecule has 0 heterocycles. The maximum Gasteiger partial charge on any atom is 0.242 e. The number of carbonyl (C=O) groups is 2. The highest BCUT2D eigenvalue weighted by atomic mass is 35.5.